The number of hydrogen-bond acceptors (Lipinski definition) is 3. The Morgan fingerprint density at radius 2 is 1.88 bits per heavy atom. The van der Waals surface area contributed by atoms with E-state index in [1.54, 1.807) is 28.6 Å². The number of ether oxygens (including phenoxy) is 1. The SMILES string of the molecule is O=S(=O)(Cc1ccc(Cl)cc1)N1CCC2(C1)OCc1ccccc12. The van der Waals surface area contributed by atoms with Crippen LogP contribution in [0.4, 0.5) is 0 Å². The maximum atomic E-state index is 12.8. The number of fused-ring (bicyclic) bond motifs is 2. The molecular weight excluding hydrogens is 346 g/mol. The Morgan fingerprint density at radius 3 is 2.67 bits per heavy atom. The lowest BCUT2D eigenvalue weighted by molar-refractivity contribution is -0.0255. The summed E-state index contributed by atoms with van der Waals surface area (Å²) in [6.07, 6.45) is 0.698. The molecule has 2 heterocycles. The Hall–Kier alpha value is -1.40. The monoisotopic (exact) mass is 363 g/mol. The van der Waals surface area contributed by atoms with Crippen molar-refractivity contribution in [1.29, 1.82) is 0 Å². The van der Waals surface area contributed by atoms with E-state index >= 15 is 0 Å². The molecule has 2 aromatic carbocycles. The second-order valence-corrected chi connectivity index (χ2v) is 8.81. The third-order valence-electron chi connectivity index (χ3n) is 4.86. The zero-order valence-electron chi connectivity index (χ0n) is 13.1. The highest BCUT2D eigenvalue weighted by Crippen LogP contribution is 2.44. The van der Waals surface area contributed by atoms with Crippen molar-refractivity contribution in [3.8, 4) is 0 Å². The zero-order chi connectivity index (χ0) is 16.8. The fraction of sp³-hybridized carbons (Fsp3) is 0.333. The minimum atomic E-state index is -3.38. The average molecular weight is 364 g/mol. The molecule has 1 unspecified atom stereocenters. The predicted octanol–water partition coefficient (Wildman–Crippen LogP) is 3.30. The highest BCUT2D eigenvalue weighted by atomic mass is 35.5. The quantitative estimate of drug-likeness (QED) is 0.840. The molecule has 24 heavy (non-hydrogen) atoms. The highest BCUT2D eigenvalue weighted by molar-refractivity contribution is 7.88. The standard InChI is InChI=1S/C18H18ClNO3S/c19-16-7-5-14(6-8-16)12-24(21,22)20-10-9-18(13-20)17-4-2-1-3-15(17)11-23-18/h1-8H,9-13H2. The van der Waals surface area contributed by atoms with Crippen LogP contribution in [0.5, 0.6) is 0 Å². The molecule has 2 aliphatic heterocycles. The molecule has 6 heteroatoms. The highest BCUT2D eigenvalue weighted by Gasteiger charge is 2.48. The van der Waals surface area contributed by atoms with Gasteiger partial charge in [0.15, 0.2) is 0 Å². The van der Waals surface area contributed by atoms with Crippen molar-refractivity contribution in [3.63, 3.8) is 0 Å². The molecule has 1 fully saturated rings. The second-order valence-electron chi connectivity index (χ2n) is 6.41. The van der Waals surface area contributed by atoms with Crippen molar-refractivity contribution in [2.75, 3.05) is 13.1 Å². The van der Waals surface area contributed by atoms with Gasteiger partial charge in [-0.3, -0.25) is 0 Å². The first kappa shape index (κ1) is 16.1. The number of sulfonamides is 1. The molecule has 0 saturated carbocycles. The average Bonchev–Trinajstić information content (AvgIpc) is 3.17. The van der Waals surface area contributed by atoms with Gasteiger partial charge in [-0.05, 0) is 35.2 Å². The Bertz CT molecular complexity index is 866. The van der Waals surface area contributed by atoms with Crippen LogP contribution in [-0.4, -0.2) is 25.8 Å². The van der Waals surface area contributed by atoms with Crippen LogP contribution in [0.2, 0.25) is 5.02 Å². The fourth-order valence-corrected chi connectivity index (χ4v) is 5.29. The second kappa shape index (κ2) is 5.85. The van der Waals surface area contributed by atoms with E-state index in [-0.39, 0.29) is 5.75 Å². The summed E-state index contributed by atoms with van der Waals surface area (Å²) in [4.78, 5) is 0. The third kappa shape index (κ3) is 2.75. The summed E-state index contributed by atoms with van der Waals surface area (Å²) < 4.78 is 33.2. The van der Waals surface area contributed by atoms with Gasteiger partial charge in [0.25, 0.3) is 0 Å². The van der Waals surface area contributed by atoms with Gasteiger partial charge in [0.2, 0.25) is 10.0 Å². The van der Waals surface area contributed by atoms with Crippen LogP contribution in [0, 0.1) is 0 Å². The zero-order valence-corrected chi connectivity index (χ0v) is 14.7. The van der Waals surface area contributed by atoms with Crippen LogP contribution in [0.15, 0.2) is 48.5 Å². The van der Waals surface area contributed by atoms with Gasteiger partial charge in [-0.15, -0.1) is 0 Å². The summed E-state index contributed by atoms with van der Waals surface area (Å²) >= 11 is 5.86. The van der Waals surface area contributed by atoms with E-state index in [2.05, 4.69) is 12.1 Å². The van der Waals surface area contributed by atoms with Crippen LogP contribution >= 0.6 is 11.6 Å². The van der Waals surface area contributed by atoms with Gasteiger partial charge in [-0.25, -0.2) is 8.42 Å². The first-order valence-electron chi connectivity index (χ1n) is 7.93. The molecule has 2 aliphatic rings. The Kier molecular flexibility index (Phi) is 3.92. The maximum Gasteiger partial charge on any atom is 0.218 e. The maximum absolute atomic E-state index is 12.8. The third-order valence-corrected chi connectivity index (χ3v) is 6.91. The van der Waals surface area contributed by atoms with Gasteiger partial charge in [0.05, 0.1) is 12.4 Å². The van der Waals surface area contributed by atoms with Gasteiger partial charge >= 0.3 is 0 Å². The van der Waals surface area contributed by atoms with Crippen LogP contribution < -0.4 is 0 Å². The molecule has 1 saturated heterocycles. The van der Waals surface area contributed by atoms with E-state index in [0.29, 0.717) is 31.1 Å². The molecule has 4 rings (SSSR count). The van der Waals surface area contributed by atoms with Crippen molar-refractivity contribution in [2.45, 2.75) is 24.4 Å². The number of benzene rings is 2. The van der Waals surface area contributed by atoms with Crippen molar-refractivity contribution in [2.24, 2.45) is 0 Å². The molecule has 126 valence electrons. The molecule has 1 atom stereocenters. The number of rotatable bonds is 3. The topological polar surface area (TPSA) is 46.6 Å². The molecule has 0 N–H and O–H groups in total. The number of hydrogen-bond donors (Lipinski definition) is 0. The van der Waals surface area contributed by atoms with Gasteiger partial charge in [-0.2, -0.15) is 4.31 Å². The van der Waals surface area contributed by atoms with E-state index in [9.17, 15) is 8.42 Å². The summed E-state index contributed by atoms with van der Waals surface area (Å²) in [6, 6.07) is 15.0. The summed E-state index contributed by atoms with van der Waals surface area (Å²) in [7, 11) is -3.38. The molecule has 0 aromatic heterocycles. The van der Waals surface area contributed by atoms with E-state index < -0.39 is 15.6 Å². The summed E-state index contributed by atoms with van der Waals surface area (Å²) in [5, 5.41) is 0.604. The number of nitrogens with zero attached hydrogens (tertiary/aromatic N) is 1. The molecule has 0 bridgehead atoms. The lowest BCUT2D eigenvalue weighted by Gasteiger charge is -2.24. The van der Waals surface area contributed by atoms with Crippen LogP contribution in [0.25, 0.3) is 0 Å². The Balaban J connectivity index is 1.55. The van der Waals surface area contributed by atoms with E-state index in [4.69, 9.17) is 16.3 Å². The minimum Gasteiger partial charge on any atom is -0.364 e. The predicted molar refractivity (Wildman–Crippen MR) is 93.2 cm³/mol. The largest absolute Gasteiger partial charge is 0.364 e. The summed E-state index contributed by atoms with van der Waals surface area (Å²) in [5.74, 6) is -0.0120. The van der Waals surface area contributed by atoms with Gasteiger partial charge in [0.1, 0.15) is 5.60 Å². The molecule has 1 spiro atoms. The molecule has 0 amide bonds. The van der Waals surface area contributed by atoms with Crippen LogP contribution in [-0.2, 0) is 32.7 Å². The normalized spacial score (nSPS) is 23.7. The first-order valence-corrected chi connectivity index (χ1v) is 9.92. The molecule has 2 aromatic rings. The van der Waals surface area contributed by atoms with Gasteiger partial charge in [-0.1, -0.05) is 48.0 Å². The minimum absolute atomic E-state index is 0.0120. The van der Waals surface area contributed by atoms with Crippen LogP contribution in [0.3, 0.4) is 0 Å². The van der Waals surface area contributed by atoms with Crippen molar-refractivity contribution < 1.29 is 13.2 Å². The van der Waals surface area contributed by atoms with Gasteiger partial charge in [0, 0.05) is 18.1 Å². The summed E-state index contributed by atoms with van der Waals surface area (Å²) in [5.41, 5.74) is 2.56. The lowest BCUT2D eigenvalue weighted by Crippen LogP contribution is -2.35. The molecule has 0 aliphatic carbocycles. The smallest absolute Gasteiger partial charge is 0.218 e. The molecular formula is C18H18ClNO3S. The van der Waals surface area contributed by atoms with E-state index in [0.717, 1.165) is 16.7 Å². The van der Waals surface area contributed by atoms with Crippen molar-refractivity contribution in [3.05, 3.63) is 70.2 Å². The Morgan fingerprint density at radius 1 is 1.12 bits per heavy atom. The van der Waals surface area contributed by atoms with Crippen LogP contribution in [0.1, 0.15) is 23.1 Å². The first-order chi connectivity index (χ1) is 11.5. The lowest BCUT2D eigenvalue weighted by atomic mass is 9.92. The molecule has 4 nitrogen and oxygen atoms in total. The van der Waals surface area contributed by atoms with E-state index in [1.165, 1.54) is 0 Å². The fourth-order valence-electron chi connectivity index (χ4n) is 3.59. The molecule has 0 radical (unpaired) electrons. The van der Waals surface area contributed by atoms with Crippen molar-refractivity contribution >= 4 is 21.6 Å². The van der Waals surface area contributed by atoms with E-state index in [1.807, 2.05) is 12.1 Å². The number of halogens is 1. The van der Waals surface area contributed by atoms with Crippen molar-refractivity contribution in [1.82, 2.24) is 4.31 Å². The van der Waals surface area contributed by atoms with Gasteiger partial charge < -0.3 is 4.74 Å². The summed E-state index contributed by atoms with van der Waals surface area (Å²) in [6.45, 7) is 1.44. The Labute approximate surface area is 147 Å².